The van der Waals surface area contributed by atoms with Crippen molar-refractivity contribution in [2.75, 3.05) is 13.7 Å². The molecular formula is C13H15NO4. The van der Waals surface area contributed by atoms with Gasteiger partial charge in [-0.2, -0.15) is 5.26 Å². The first-order valence-corrected chi connectivity index (χ1v) is 5.53. The Kier molecular flexibility index (Phi) is 5.15. The summed E-state index contributed by atoms with van der Waals surface area (Å²) in [4.78, 5) is 11.5. The van der Waals surface area contributed by atoms with Gasteiger partial charge >= 0.3 is 5.97 Å². The minimum Gasteiger partial charge on any atom is -0.495 e. The number of hydrogen-bond acceptors (Lipinski definition) is 5. The zero-order valence-corrected chi connectivity index (χ0v) is 10.4. The number of esters is 1. The summed E-state index contributed by atoms with van der Waals surface area (Å²) in [6.45, 7) is 1.74. The van der Waals surface area contributed by atoms with Crippen LogP contribution in [0.4, 0.5) is 0 Å². The molecule has 96 valence electrons. The molecule has 5 nitrogen and oxygen atoms in total. The lowest BCUT2D eigenvalue weighted by Crippen LogP contribution is -2.11. The maximum atomic E-state index is 11.5. The van der Waals surface area contributed by atoms with Gasteiger partial charge in [-0.05, 0) is 24.1 Å². The maximum absolute atomic E-state index is 11.5. The highest BCUT2D eigenvalue weighted by Crippen LogP contribution is 2.25. The Morgan fingerprint density at radius 1 is 1.50 bits per heavy atom. The van der Waals surface area contributed by atoms with E-state index in [1.165, 1.54) is 7.11 Å². The lowest BCUT2D eigenvalue weighted by atomic mass is 9.98. The number of aliphatic hydroxyl groups is 1. The van der Waals surface area contributed by atoms with Gasteiger partial charge < -0.3 is 14.6 Å². The predicted molar refractivity (Wildman–Crippen MR) is 64.0 cm³/mol. The summed E-state index contributed by atoms with van der Waals surface area (Å²) < 4.78 is 9.91. The van der Waals surface area contributed by atoms with Gasteiger partial charge in [0.2, 0.25) is 0 Å². The molecule has 0 radical (unpaired) electrons. The molecule has 5 heteroatoms. The van der Waals surface area contributed by atoms with Crippen LogP contribution in [0.15, 0.2) is 12.1 Å². The third-order valence-corrected chi connectivity index (χ3v) is 2.50. The molecule has 0 aromatic heterocycles. The van der Waals surface area contributed by atoms with Crippen molar-refractivity contribution < 1.29 is 19.4 Å². The van der Waals surface area contributed by atoms with Crippen LogP contribution in [0.3, 0.4) is 0 Å². The van der Waals surface area contributed by atoms with Gasteiger partial charge in [0.25, 0.3) is 0 Å². The van der Waals surface area contributed by atoms with Gasteiger partial charge in [0.05, 0.1) is 32.3 Å². The van der Waals surface area contributed by atoms with E-state index >= 15 is 0 Å². The van der Waals surface area contributed by atoms with Gasteiger partial charge in [-0.1, -0.05) is 6.07 Å². The van der Waals surface area contributed by atoms with E-state index in [0.717, 1.165) is 0 Å². The normalized spacial score (nSPS) is 9.67. The van der Waals surface area contributed by atoms with Crippen LogP contribution in [-0.4, -0.2) is 24.8 Å². The van der Waals surface area contributed by atoms with Crippen LogP contribution >= 0.6 is 0 Å². The monoisotopic (exact) mass is 249 g/mol. The molecule has 1 aromatic rings. The van der Waals surface area contributed by atoms with E-state index in [9.17, 15) is 9.90 Å². The second kappa shape index (κ2) is 6.62. The van der Waals surface area contributed by atoms with E-state index in [1.807, 2.05) is 6.07 Å². The van der Waals surface area contributed by atoms with E-state index < -0.39 is 5.97 Å². The number of rotatable bonds is 5. The van der Waals surface area contributed by atoms with E-state index in [4.69, 9.17) is 14.7 Å². The SMILES string of the molecule is CCOC(=O)Cc1c(CO)ccc(OC)c1C#N. The van der Waals surface area contributed by atoms with Crippen molar-refractivity contribution >= 4 is 5.97 Å². The lowest BCUT2D eigenvalue weighted by molar-refractivity contribution is -0.142. The minimum atomic E-state index is -0.433. The van der Waals surface area contributed by atoms with E-state index in [-0.39, 0.29) is 25.2 Å². The van der Waals surface area contributed by atoms with Gasteiger partial charge in [-0.3, -0.25) is 4.79 Å². The van der Waals surface area contributed by atoms with E-state index in [0.29, 0.717) is 16.9 Å². The Labute approximate surface area is 106 Å². The number of carbonyl (C=O) groups is 1. The summed E-state index contributed by atoms with van der Waals surface area (Å²) >= 11 is 0. The van der Waals surface area contributed by atoms with Crippen LogP contribution in [0.2, 0.25) is 0 Å². The molecular weight excluding hydrogens is 234 g/mol. The third-order valence-electron chi connectivity index (χ3n) is 2.50. The Hall–Kier alpha value is -2.06. The third kappa shape index (κ3) is 2.99. The molecule has 0 saturated heterocycles. The van der Waals surface area contributed by atoms with Crippen LogP contribution < -0.4 is 4.74 Å². The van der Waals surface area contributed by atoms with Gasteiger partial charge in [-0.25, -0.2) is 0 Å². The molecule has 0 amide bonds. The molecule has 0 aliphatic carbocycles. The number of nitriles is 1. The quantitative estimate of drug-likeness (QED) is 0.792. The highest BCUT2D eigenvalue weighted by atomic mass is 16.5. The number of ether oxygens (including phenoxy) is 2. The summed E-state index contributed by atoms with van der Waals surface area (Å²) in [5.74, 6) is -0.0500. The number of methoxy groups -OCH3 is 1. The standard InChI is InChI=1S/C13H15NO4/c1-3-18-13(16)6-10-9(8-15)4-5-12(17-2)11(10)7-14/h4-5,15H,3,6,8H2,1-2H3. The molecule has 0 bridgehead atoms. The zero-order valence-electron chi connectivity index (χ0n) is 10.4. The Morgan fingerprint density at radius 3 is 2.72 bits per heavy atom. The van der Waals surface area contributed by atoms with Crippen molar-refractivity contribution in [1.82, 2.24) is 0 Å². The molecule has 0 fully saturated rings. The minimum absolute atomic E-state index is 0.0518. The number of hydrogen-bond donors (Lipinski definition) is 1. The first-order valence-electron chi connectivity index (χ1n) is 5.53. The van der Waals surface area contributed by atoms with Crippen LogP contribution in [0.25, 0.3) is 0 Å². The highest BCUT2D eigenvalue weighted by Gasteiger charge is 2.17. The number of carbonyl (C=O) groups excluding carboxylic acids is 1. The Bertz CT molecular complexity index is 477. The van der Waals surface area contributed by atoms with Crippen molar-refractivity contribution in [3.63, 3.8) is 0 Å². The zero-order chi connectivity index (χ0) is 13.5. The molecule has 1 rings (SSSR count). The Morgan fingerprint density at radius 2 is 2.22 bits per heavy atom. The van der Waals surface area contributed by atoms with Crippen molar-refractivity contribution in [1.29, 1.82) is 5.26 Å². The van der Waals surface area contributed by atoms with Crippen molar-refractivity contribution in [2.45, 2.75) is 20.0 Å². The van der Waals surface area contributed by atoms with Crippen molar-refractivity contribution in [2.24, 2.45) is 0 Å². The van der Waals surface area contributed by atoms with E-state index in [2.05, 4.69) is 0 Å². The first-order chi connectivity index (χ1) is 8.67. The molecule has 18 heavy (non-hydrogen) atoms. The summed E-state index contributed by atoms with van der Waals surface area (Å²) in [6.07, 6.45) is -0.0518. The second-order valence-electron chi connectivity index (χ2n) is 3.53. The number of benzene rings is 1. The summed E-state index contributed by atoms with van der Waals surface area (Å²) in [5, 5.41) is 18.4. The highest BCUT2D eigenvalue weighted by molar-refractivity contribution is 5.75. The van der Waals surface area contributed by atoms with Gasteiger partial charge in [-0.15, -0.1) is 0 Å². The second-order valence-corrected chi connectivity index (χ2v) is 3.53. The molecule has 0 unspecified atom stereocenters. The first kappa shape index (κ1) is 14.0. The molecule has 0 aliphatic rings. The van der Waals surface area contributed by atoms with E-state index in [1.54, 1.807) is 19.1 Å². The fourth-order valence-electron chi connectivity index (χ4n) is 1.67. The topological polar surface area (TPSA) is 79.6 Å². The number of nitrogens with zero attached hydrogens (tertiary/aromatic N) is 1. The average Bonchev–Trinajstić information content (AvgIpc) is 2.38. The summed E-state index contributed by atoms with van der Waals surface area (Å²) in [7, 11) is 1.45. The molecule has 0 saturated carbocycles. The van der Waals surface area contributed by atoms with Crippen LogP contribution in [0.5, 0.6) is 5.75 Å². The lowest BCUT2D eigenvalue weighted by Gasteiger charge is -2.12. The average molecular weight is 249 g/mol. The number of aliphatic hydroxyl groups excluding tert-OH is 1. The molecule has 0 heterocycles. The van der Waals surface area contributed by atoms with Crippen LogP contribution in [-0.2, 0) is 22.6 Å². The fourth-order valence-corrected chi connectivity index (χ4v) is 1.67. The smallest absolute Gasteiger partial charge is 0.310 e. The van der Waals surface area contributed by atoms with Crippen LogP contribution in [0, 0.1) is 11.3 Å². The van der Waals surface area contributed by atoms with Gasteiger partial charge in [0, 0.05) is 0 Å². The summed E-state index contributed by atoms with van der Waals surface area (Å²) in [5.41, 5.74) is 1.25. The molecule has 0 spiro atoms. The molecule has 0 atom stereocenters. The van der Waals surface area contributed by atoms with Crippen LogP contribution in [0.1, 0.15) is 23.6 Å². The van der Waals surface area contributed by atoms with Crippen molar-refractivity contribution in [3.8, 4) is 11.8 Å². The molecule has 1 aromatic carbocycles. The van der Waals surface area contributed by atoms with Gasteiger partial charge in [0.15, 0.2) is 0 Å². The molecule has 0 aliphatic heterocycles. The molecule has 1 N–H and O–H groups in total. The summed E-state index contributed by atoms with van der Waals surface area (Å²) in [6, 6.07) is 5.22. The maximum Gasteiger partial charge on any atom is 0.310 e. The predicted octanol–water partition coefficient (Wildman–Crippen LogP) is 1.16. The largest absolute Gasteiger partial charge is 0.495 e. The Balaban J connectivity index is 3.20. The fraction of sp³-hybridized carbons (Fsp3) is 0.385. The van der Waals surface area contributed by atoms with Gasteiger partial charge in [0.1, 0.15) is 11.8 Å². The van der Waals surface area contributed by atoms with Crippen molar-refractivity contribution in [3.05, 3.63) is 28.8 Å².